The molecule has 1 aliphatic rings. The summed E-state index contributed by atoms with van der Waals surface area (Å²) in [4.78, 5) is 4.35. The fraction of sp³-hybridized carbons (Fsp3) is 0.167. The van der Waals surface area contributed by atoms with Crippen LogP contribution in [-0.4, -0.2) is 12.8 Å². The fourth-order valence-electron chi connectivity index (χ4n) is 2.53. The molecule has 0 radical (unpaired) electrons. The first-order valence-electron chi connectivity index (χ1n) is 7.35. The van der Waals surface area contributed by atoms with E-state index in [-0.39, 0.29) is 5.82 Å². The van der Waals surface area contributed by atoms with Gasteiger partial charge in [0, 0.05) is 30.2 Å². The number of aryl methyl sites for hydroxylation is 1. The largest absolute Gasteiger partial charge is 0.404 e. The highest BCUT2D eigenvalue weighted by atomic mass is 19.1. The first-order chi connectivity index (χ1) is 10.8. The minimum Gasteiger partial charge on any atom is -0.404 e. The highest BCUT2D eigenvalue weighted by molar-refractivity contribution is 6.10. The van der Waals surface area contributed by atoms with Gasteiger partial charge in [-0.2, -0.15) is 0 Å². The molecule has 2 aromatic carbocycles. The molecular formula is C18H18FN3. The number of allylic oxidation sites excluding steroid dienone is 1. The van der Waals surface area contributed by atoms with E-state index in [1.54, 1.807) is 18.3 Å². The van der Waals surface area contributed by atoms with Crippen molar-refractivity contribution >= 4 is 23.2 Å². The van der Waals surface area contributed by atoms with Crippen LogP contribution in [0.1, 0.15) is 17.5 Å². The summed E-state index contributed by atoms with van der Waals surface area (Å²) in [6.07, 6.45) is 5.52. The Morgan fingerprint density at radius 1 is 1.18 bits per heavy atom. The molecule has 3 nitrogen and oxygen atoms in total. The normalized spacial score (nSPS) is 14.7. The molecule has 4 heteroatoms. The van der Waals surface area contributed by atoms with Crippen molar-refractivity contribution in [3.8, 4) is 0 Å². The molecule has 0 fully saturated rings. The first-order valence-corrected chi connectivity index (χ1v) is 7.35. The van der Waals surface area contributed by atoms with Crippen LogP contribution in [-0.2, 0) is 6.42 Å². The van der Waals surface area contributed by atoms with Crippen LogP contribution < -0.4 is 11.1 Å². The maximum Gasteiger partial charge on any atom is 0.123 e. The lowest BCUT2D eigenvalue weighted by atomic mass is 9.98. The van der Waals surface area contributed by atoms with E-state index in [1.165, 1.54) is 29.6 Å². The Kier molecular flexibility index (Phi) is 4.19. The van der Waals surface area contributed by atoms with Gasteiger partial charge in [0.25, 0.3) is 0 Å². The Morgan fingerprint density at radius 2 is 2.00 bits per heavy atom. The summed E-state index contributed by atoms with van der Waals surface area (Å²) >= 11 is 0. The molecule has 0 bridgehead atoms. The van der Waals surface area contributed by atoms with Gasteiger partial charge in [-0.05, 0) is 54.3 Å². The van der Waals surface area contributed by atoms with Crippen molar-refractivity contribution in [3.05, 3.63) is 65.6 Å². The number of hydrogen-bond donors (Lipinski definition) is 2. The van der Waals surface area contributed by atoms with Gasteiger partial charge in [0.15, 0.2) is 0 Å². The van der Waals surface area contributed by atoms with Crippen LogP contribution in [0.2, 0.25) is 0 Å². The molecule has 2 aromatic rings. The molecule has 0 aromatic heterocycles. The zero-order chi connectivity index (χ0) is 15.4. The molecule has 112 valence electrons. The van der Waals surface area contributed by atoms with Crippen LogP contribution in [0.4, 0.5) is 15.8 Å². The highest BCUT2D eigenvalue weighted by Crippen LogP contribution is 2.26. The Morgan fingerprint density at radius 3 is 2.77 bits per heavy atom. The molecule has 1 aliphatic heterocycles. The number of halogens is 1. The summed E-state index contributed by atoms with van der Waals surface area (Å²) in [5.74, 6) is -0.269. The number of nitrogens with zero attached hydrogens (tertiary/aromatic N) is 1. The van der Waals surface area contributed by atoms with Gasteiger partial charge in [0.2, 0.25) is 0 Å². The third-order valence-electron chi connectivity index (χ3n) is 3.74. The third kappa shape index (κ3) is 3.17. The summed E-state index contributed by atoms with van der Waals surface area (Å²) in [6.45, 7) is 1.00. The smallest absolute Gasteiger partial charge is 0.123 e. The zero-order valence-electron chi connectivity index (χ0n) is 12.2. The van der Waals surface area contributed by atoms with Crippen LogP contribution in [0.3, 0.4) is 0 Å². The van der Waals surface area contributed by atoms with Crippen molar-refractivity contribution in [1.29, 1.82) is 0 Å². The van der Waals surface area contributed by atoms with Crippen molar-refractivity contribution in [2.75, 3.05) is 11.9 Å². The standard InChI is InChI=1S/C18H18FN3/c19-16-5-7-17(8-6-16)22-12-15(11-20)14-4-3-13-2-1-9-21-18(13)10-14/h3-8,10-12,21H,1-2,9,20H2/b15-11+,22-12?. The van der Waals surface area contributed by atoms with Gasteiger partial charge in [-0.25, -0.2) is 4.39 Å². The summed E-state index contributed by atoms with van der Waals surface area (Å²) in [5.41, 5.74) is 10.8. The molecule has 3 N–H and O–H groups in total. The second-order valence-electron chi connectivity index (χ2n) is 5.26. The number of fused-ring (bicyclic) bond motifs is 1. The van der Waals surface area contributed by atoms with Gasteiger partial charge in [0.05, 0.1) is 5.69 Å². The number of benzene rings is 2. The van der Waals surface area contributed by atoms with E-state index in [1.807, 2.05) is 0 Å². The van der Waals surface area contributed by atoms with Gasteiger partial charge in [0.1, 0.15) is 5.82 Å². The second-order valence-corrected chi connectivity index (χ2v) is 5.26. The molecule has 0 saturated heterocycles. The van der Waals surface area contributed by atoms with Crippen LogP contribution >= 0.6 is 0 Å². The highest BCUT2D eigenvalue weighted by Gasteiger charge is 2.09. The predicted molar refractivity (Wildman–Crippen MR) is 90.0 cm³/mol. The molecule has 0 aliphatic carbocycles. The Bertz CT molecular complexity index is 718. The van der Waals surface area contributed by atoms with E-state index in [2.05, 4.69) is 28.5 Å². The van der Waals surface area contributed by atoms with E-state index in [9.17, 15) is 4.39 Å². The van der Waals surface area contributed by atoms with Crippen molar-refractivity contribution < 1.29 is 4.39 Å². The predicted octanol–water partition coefficient (Wildman–Crippen LogP) is 3.89. The molecule has 22 heavy (non-hydrogen) atoms. The van der Waals surface area contributed by atoms with E-state index >= 15 is 0 Å². The minimum absolute atomic E-state index is 0.269. The van der Waals surface area contributed by atoms with Crippen molar-refractivity contribution in [2.24, 2.45) is 10.7 Å². The Labute approximate surface area is 129 Å². The van der Waals surface area contributed by atoms with Crippen LogP contribution in [0.15, 0.2) is 53.7 Å². The van der Waals surface area contributed by atoms with E-state index in [4.69, 9.17) is 5.73 Å². The fourth-order valence-corrected chi connectivity index (χ4v) is 2.53. The van der Waals surface area contributed by atoms with Gasteiger partial charge >= 0.3 is 0 Å². The number of aliphatic imine (C=N–C) groups is 1. The topological polar surface area (TPSA) is 50.4 Å². The lowest BCUT2D eigenvalue weighted by Crippen LogP contribution is -2.11. The maximum atomic E-state index is 12.9. The second kappa shape index (κ2) is 6.43. The lowest BCUT2D eigenvalue weighted by Gasteiger charge is -2.18. The van der Waals surface area contributed by atoms with Crippen LogP contribution in [0.25, 0.3) is 5.57 Å². The minimum atomic E-state index is -0.269. The Balaban J connectivity index is 1.83. The van der Waals surface area contributed by atoms with Gasteiger partial charge < -0.3 is 11.1 Å². The van der Waals surface area contributed by atoms with E-state index in [0.717, 1.165) is 30.5 Å². The van der Waals surface area contributed by atoms with Crippen molar-refractivity contribution in [2.45, 2.75) is 12.8 Å². The SMILES string of the molecule is N/C=C(\C=Nc1ccc(F)cc1)c1ccc2c(c1)NCCC2. The summed E-state index contributed by atoms with van der Waals surface area (Å²) in [7, 11) is 0. The van der Waals surface area contributed by atoms with Crippen molar-refractivity contribution in [1.82, 2.24) is 0 Å². The van der Waals surface area contributed by atoms with E-state index < -0.39 is 0 Å². The maximum absolute atomic E-state index is 12.9. The average Bonchev–Trinajstić information content (AvgIpc) is 2.57. The number of nitrogens with one attached hydrogen (secondary N) is 1. The molecular weight excluding hydrogens is 277 g/mol. The van der Waals surface area contributed by atoms with Gasteiger partial charge in [-0.1, -0.05) is 12.1 Å². The monoisotopic (exact) mass is 295 g/mol. The number of hydrogen-bond acceptors (Lipinski definition) is 3. The molecule has 0 amide bonds. The number of nitrogens with two attached hydrogens (primary N) is 1. The van der Waals surface area contributed by atoms with Crippen LogP contribution in [0, 0.1) is 5.82 Å². The molecule has 0 spiro atoms. The molecule has 0 unspecified atom stereocenters. The third-order valence-corrected chi connectivity index (χ3v) is 3.74. The van der Waals surface area contributed by atoms with Crippen LogP contribution in [0.5, 0.6) is 0 Å². The van der Waals surface area contributed by atoms with Gasteiger partial charge in [-0.15, -0.1) is 0 Å². The van der Waals surface area contributed by atoms with Gasteiger partial charge in [-0.3, -0.25) is 4.99 Å². The molecule has 3 rings (SSSR count). The number of anilines is 1. The number of rotatable bonds is 3. The quantitative estimate of drug-likeness (QED) is 0.844. The molecule has 0 atom stereocenters. The summed E-state index contributed by atoms with van der Waals surface area (Å²) in [6, 6.07) is 12.3. The average molecular weight is 295 g/mol. The van der Waals surface area contributed by atoms with E-state index in [0.29, 0.717) is 5.69 Å². The molecule has 0 saturated carbocycles. The first kappa shape index (κ1) is 14.3. The van der Waals surface area contributed by atoms with Crippen molar-refractivity contribution in [3.63, 3.8) is 0 Å². The summed E-state index contributed by atoms with van der Waals surface area (Å²) in [5, 5.41) is 3.41. The molecule has 1 heterocycles. The lowest BCUT2D eigenvalue weighted by molar-refractivity contribution is 0.628. The Hall–Kier alpha value is -2.62. The zero-order valence-corrected chi connectivity index (χ0v) is 12.2. The summed E-state index contributed by atoms with van der Waals surface area (Å²) < 4.78 is 12.9.